The molecule has 0 amide bonds. The van der Waals surface area contributed by atoms with Crippen LogP contribution in [0.4, 0.5) is 0 Å². The molecule has 156 valence electrons. The Balaban J connectivity index is 1.50. The van der Waals surface area contributed by atoms with E-state index in [0.29, 0.717) is 18.0 Å². The van der Waals surface area contributed by atoms with Crippen molar-refractivity contribution in [1.29, 1.82) is 0 Å². The van der Waals surface area contributed by atoms with Gasteiger partial charge in [0.05, 0.1) is 13.2 Å². The van der Waals surface area contributed by atoms with E-state index < -0.39 is 0 Å². The van der Waals surface area contributed by atoms with E-state index in [4.69, 9.17) is 4.74 Å². The highest BCUT2D eigenvalue weighted by molar-refractivity contribution is 5.80. The number of hydrogen-bond donors (Lipinski definition) is 1. The number of likely N-dealkylation sites (tertiary alicyclic amines) is 2. The number of morpholine rings is 1. The molecule has 0 aromatic heterocycles. The SMILES string of the molecule is CN=C(NCC(C(C)C)N1CCC(C)CC1)N1CCC(N2CCOCC2)C1. The molecule has 2 atom stereocenters. The second-order valence-corrected chi connectivity index (χ2v) is 8.99. The lowest BCUT2D eigenvalue weighted by Crippen LogP contribution is -2.52. The first kappa shape index (κ1) is 20.9. The van der Waals surface area contributed by atoms with E-state index in [2.05, 4.69) is 45.8 Å². The molecule has 3 aliphatic heterocycles. The van der Waals surface area contributed by atoms with E-state index in [9.17, 15) is 0 Å². The summed E-state index contributed by atoms with van der Waals surface area (Å²) in [5, 5.41) is 3.72. The van der Waals surface area contributed by atoms with Crippen LogP contribution >= 0.6 is 0 Å². The van der Waals surface area contributed by atoms with Gasteiger partial charge in [-0.25, -0.2) is 0 Å². The number of nitrogens with zero attached hydrogens (tertiary/aromatic N) is 4. The van der Waals surface area contributed by atoms with Gasteiger partial charge in [0.1, 0.15) is 0 Å². The summed E-state index contributed by atoms with van der Waals surface area (Å²) in [5.74, 6) is 2.63. The minimum absolute atomic E-state index is 0.590. The molecule has 3 saturated heterocycles. The normalized spacial score (nSPS) is 28.1. The summed E-state index contributed by atoms with van der Waals surface area (Å²) in [4.78, 5) is 12.4. The zero-order valence-electron chi connectivity index (χ0n) is 18.0. The molecule has 0 radical (unpaired) electrons. The summed E-state index contributed by atoms with van der Waals surface area (Å²) in [6.07, 6.45) is 3.91. The van der Waals surface area contributed by atoms with E-state index in [-0.39, 0.29) is 0 Å². The largest absolute Gasteiger partial charge is 0.379 e. The maximum absolute atomic E-state index is 5.51. The second kappa shape index (κ2) is 10.1. The summed E-state index contributed by atoms with van der Waals surface area (Å²) in [5.41, 5.74) is 0. The van der Waals surface area contributed by atoms with Gasteiger partial charge >= 0.3 is 0 Å². The molecule has 1 N–H and O–H groups in total. The lowest BCUT2D eigenvalue weighted by molar-refractivity contribution is 0.0194. The van der Waals surface area contributed by atoms with Crippen molar-refractivity contribution in [1.82, 2.24) is 20.0 Å². The second-order valence-electron chi connectivity index (χ2n) is 8.99. The molecule has 6 nitrogen and oxygen atoms in total. The fraction of sp³-hybridized carbons (Fsp3) is 0.952. The van der Waals surface area contributed by atoms with Crippen molar-refractivity contribution in [3.05, 3.63) is 0 Å². The van der Waals surface area contributed by atoms with Gasteiger partial charge in [0.15, 0.2) is 5.96 Å². The number of guanidine groups is 1. The van der Waals surface area contributed by atoms with Gasteiger partial charge in [0.25, 0.3) is 0 Å². The number of rotatable bonds is 5. The van der Waals surface area contributed by atoms with Gasteiger partial charge in [-0.15, -0.1) is 0 Å². The summed E-state index contributed by atoms with van der Waals surface area (Å²) >= 11 is 0. The first-order valence-electron chi connectivity index (χ1n) is 11.1. The molecular weight excluding hydrogens is 338 g/mol. The predicted molar refractivity (Wildman–Crippen MR) is 112 cm³/mol. The molecule has 3 rings (SSSR count). The molecule has 0 aromatic carbocycles. The Bertz CT molecular complexity index is 469. The van der Waals surface area contributed by atoms with Crippen molar-refractivity contribution < 1.29 is 4.74 Å². The van der Waals surface area contributed by atoms with Gasteiger partial charge in [0.2, 0.25) is 0 Å². The van der Waals surface area contributed by atoms with Gasteiger partial charge in [-0.05, 0) is 44.2 Å². The summed E-state index contributed by atoms with van der Waals surface area (Å²) in [6.45, 7) is 16.7. The number of nitrogens with one attached hydrogen (secondary N) is 1. The molecule has 6 heteroatoms. The van der Waals surface area contributed by atoms with Crippen molar-refractivity contribution in [2.45, 2.75) is 52.1 Å². The van der Waals surface area contributed by atoms with Crippen LogP contribution in [0.3, 0.4) is 0 Å². The summed E-state index contributed by atoms with van der Waals surface area (Å²) in [7, 11) is 1.93. The van der Waals surface area contributed by atoms with E-state index >= 15 is 0 Å². The van der Waals surface area contributed by atoms with Crippen molar-refractivity contribution in [2.24, 2.45) is 16.8 Å². The lowest BCUT2D eigenvalue weighted by atomic mass is 9.94. The molecule has 0 aliphatic carbocycles. The average Bonchev–Trinajstić information content (AvgIpc) is 3.17. The van der Waals surface area contributed by atoms with Crippen LogP contribution in [0, 0.1) is 11.8 Å². The quantitative estimate of drug-likeness (QED) is 0.582. The smallest absolute Gasteiger partial charge is 0.193 e. The molecule has 0 aromatic rings. The van der Waals surface area contributed by atoms with Crippen LogP contribution in [0.1, 0.15) is 40.0 Å². The van der Waals surface area contributed by atoms with Crippen molar-refractivity contribution in [3.63, 3.8) is 0 Å². The summed E-state index contributed by atoms with van der Waals surface area (Å²) < 4.78 is 5.51. The summed E-state index contributed by atoms with van der Waals surface area (Å²) in [6, 6.07) is 1.24. The van der Waals surface area contributed by atoms with E-state index in [1.54, 1.807) is 0 Å². The first-order chi connectivity index (χ1) is 13.1. The fourth-order valence-corrected chi connectivity index (χ4v) is 4.85. The maximum atomic E-state index is 5.51. The Morgan fingerprint density at radius 1 is 1.07 bits per heavy atom. The van der Waals surface area contributed by atoms with Crippen LogP contribution in [-0.2, 0) is 4.74 Å². The van der Waals surface area contributed by atoms with E-state index in [1.165, 1.54) is 32.4 Å². The highest BCUT2D eigenvalue weighted by Gasteiger charge is 2.31. The molecular formula is C21H41N5O. The Kier molecular flexibility index (Phi) is 7.79. The Morgan fingerprint density at radius 3 is 2.41 bits per heavy atom. The highest BCUT2D eigenvalue weighted by Crippen LogP contribution is 2.21. The van der Waals surface area contributed by atoms with Crippen LogP contribution < -0.4 is 5.32 Å². The van der Waals surface area contributed by atoms with Crippen LogP contribution in [0.5, 0.6) is 0 Å². The lowest BCUT2D eigenvalue weighted by Gasteiger charge is -2.39. The molecule has 2 unspecified atom stereocenters. The molecule has 0 spiro atoms. The molecule has 27 heavy (non-hydrogen) atoms. The van der Waals surface area contributed by atoms with E-state index in [0.717, 1.165) is 57.8 Å². The van der Waals surface area contributed by atoms with Gasteiger partial charge in [-0.1, -0.05) is 20.8 Å². The molecule has 0 saturated carbocycles. The third-order valence-corrected chi connectivity index (χ3v) is 6.76. The van der Waals surface area contributed by atoms with Crippen LogP contribution in [0.15, 0.2) is 4.99 Å². The highest BCUT2D eigenvalue weighted by atomic mass is 16.5. The molecule has 0 bridgehead atoms. The molecule has 3 fully saturated rings. The predicted octanol–water partition coefficient (Wildman–Crippen LogP) is 1.72. The van der Waals surface area contributed by atoms with Crippen molar-refractivity contribution >= 4 is 5.96 Å². The third-order valence-electron chi connectivity index (χ3n) is 6.76. The minimum atomic E-state index is 0.590. The average molecular weight is 380 g/mol. The van der Waals surface area contributed by atoms with Crippen molar-refractivity contribution in [2.75, 3.05) is 66.1 Å². The zero-order chi connectivity index (χ0) is 19.2. The fourth-order valence-electron chi connectivity index (χ4n) is 4.85. The number of piperidine rings is 1. The number of aliphatic imine (C=N–C) groups is 1. The standard InChI is InChI=1S/C21H41N5O/c1-17(2)20(25-8-5-18(3)6-9-25)15-23-21(22-4)26-10-7-19(16-26)24-11-13-27-14-12-24/h17-20H,5-16H2,1-4H3,(H,22,23). The maximum Gasteiger partial charge on any atom is 0.193 e. The van der Waals surface area contributed by atoms with Crippen LogP contribution in [-0.4, -0.2) is 98.8 Å². The Labute approximate surface area is 166 Å². The minimum Gasteiger partial charge on any atom is -0.379 e. The van der Waals surface area contributed by atoms with Gasteiger partial charge in [-0.3, -0.25) is 14.8 Å². The Morgan fingerprint density at radius 2 is 1.78 bits per heavy atom. The van der Waals surface area contributed by atoms with Crippen molar-refractivity contribution in [3.8, 4) is 0 Å². The van der Waals surface area contributed by atoms with Crippen LogP contribution in [0.25, 0.3) is 0 Å². The number of hydrogen-bond acceptors (Lipinski definition) is 4. The molecule has 3 aliphatic rings. The zero-order valence-corrected chi connectivity index (χ0v) is 18.0. The van der Waals surface area contributed by atoms with Gasteiger partial charge in [0, 0.05) is 51.9 Å². The topological polar surface area (TPSA) is 43.3 Å². The third kappa shape index (κ3) is 5.58. The van der Waals surface area contributed by atoms with Gasteiger partial charge in [-0.2, -0.15) is 0 Å². The van der Waals surface area contributed by atoms with Gasteiger partial charge < -0.3 is 15.0 Å². The van der Waals surface area contributed by atoms with E-state index in [1.807, 2.05) is 7.05 Å². The monoisotopic (exact) mass is 379 g/mol. The van der Waals surface area contributed by atoms with Crippen LogP contribution in [0.2, 0.25) is 0 Å². The first-order valence-corrected chi connectivity index (χ1v) is 11.1. The Hall–Kier alpha value is -0.850. The number of ether oxygens (including phenoxy) is 1. The molecule has 3 heterocycles.